The zero-order chi connectivity index (χ0) is 11.7. The van der Waals surface area contributed by atoms with Crippen molar-refractivity contribution in [1.29, 1.82) is 0 Å². The highest BCUT2D eigenvalue weighted by Gasteiger charge is 2.39. The van der Waals surface area contributed by atoms with Crippen molar-refractivity contribution in [3.05, 3.63) is 12.4 Å². The van der Waals surface area contributed by atoms with Crippen molar-refractivity contribution in [1.82, 2.24) is 15.1 Å². The number of hydrogen-bond donors (Lipinski definition) is 2. The maximum atomic E-state index is 11.9. The number of carbonyl (C=O) groups excluding carboxylic acids is 2. The van der Waals surface area contributed by atoms with Gasteiger partial charge in [0, 0.05) is 12.2 Å². The molecule has 2 rings (SSSR count). The summed E-state index contributed by atoms with van der Waals surface area (Å²) in [5, 5.41) is 9.39. The van der Waals surface area contributed by atoms with Crippen molar-refractivity contribution in [2.24, 2.45) is 0 Å². The fourth-order valence-corrected chi connectivity index (χ4v) is 1.84. The van der Waals surface area contributed by atoms with Crippen molar-refractivity contribution in [2.45, 2.75) is 32.4 Å². The van der Waals surface area contributed by atoms with Gasteiger partial charge in [-0.2, -0.15) is 5.10 Å². The topological polar surface area (TPSA) is 78.1 Å². The summed E-state index contributed by atoms with van der Waals surface area (Å²) in [6.07, 6.45) is 3.44. The van der Waals surface area contributed by atoms with E-state index in [0.29, 0.717) is 0 Å². The minimum Gasteiger partial charge on any atom is -0.371 e. The summed E-state index contributed by atoms with van der Waals surface area (Å²) >= 11 is 0. The van der Waals surface area contributed by atoms with Crippen molar-refractivity contribution < 1.29 is 9.59 Å². The third-order valence-corrected chi connectivity index (χ3v) is 2.54. The van der Waals surface area contributed by atoms with Gasteiger partial charge in [-0.3, -0.25) is 19.6 Å². The molecule has 6 nitrogen and oxygen atoms in total. The van der Waals surface area contributed by atoms with E-state index in [1.54, 1.807) is 12.4 Å². The molecule has 1 aliphatic heterocycles. The molecule has 0 saturated carbocycles. The highest BCUT2D eigenvalue weighted by atomic mass is 16.2. The molecule has 1 aliphatic rings. The second-order valence-corrected chi connectivity index (χ2v) is 4.08. The highest BCUT2D eigenvalue weighted by molar-refractivity contribution is 6.07. The predicted molar refractivity (Wildman–Crippen MR) is 57.6 cm³/mol. The first-order valence-electron chi connectivity index (χ1n) is 5.21. The largest absolute Gasteiger partial charge is 0.371 e. The number of imide groups is 1. The van der Waals surface area contributed by atoms with Gasteiger partial charge in [-0.15, -0.1) is 0 Å². The van der Waals surface area contributed by atoms with Gasteiger partial charge in [0.05, 0.1) is 18.3 Å². The molecule has 1 aromatic heterocycles. The molecule has 0 radical (unpaired) electrons. The van der Waals surface area contributed by atoms with Crippen molar-refractivity contribution in [3.8, 4) is 0 Å². The van der Waals surface area contributed by atoms with Gasteiger partial charge in [0.1, 0.15) is 6.04 Å². The molecule has 0 aliphatic carbocycles. The van der Waals surface area contributed by atoms with Crippen LogP contribution in [0.4, 0.5) is 5.69 Å². The normalized spacial score (nSPS) is 20.9. The maximum Gasteiger partial charge on any atom is 0.252 e. The molecular formula is C10H14N4O2. The van der Waals surface area contributed by atoms with Crippen LogP contribution in [0, 0.1) is 0 Å². The molecule has 0 spiro atoms. The number of anilines is 1. The maximum absolute atomic E-state index is 11.9. The molecule has 1 unspecified atom stereocenters. The summed E-state index contributed by atoms with van der Waals surface area (Å²) in [7, 11) is 0. The van der Waals surface area contributed by atoms with Crippen LogP contribution in [-0.4, -0.2) is 39.0 Å². The van der Waals surface area contributed by atoms with Crippen LogP contribution in [0.15, 0.2) is 12.4 Å². The quantitative estimate of drug-likeness (QED) is 0.724. The Kier molecular flexibility index (Phi) is 2.64. The Balaban J connectivity index is 2.09. The van der Waals surface area contributed by atoms with Crippen LogP contribution in [0.5, 0.6) is 0 Å². The Morgan fingerprint density at radius 2 is 2.31 bits per heavy atom. The average Bonchev–Trinajstić information content (AvgIpc) is 2.76. The predicted octanol–water partition coefficient (Wildman–Crippen LogP) is 0.357. The van der Waals surface area contributed by atoms with Gasteiger partial charge in [-0.25, -0.2) is 0 Å². The Morgan fingerprint density at radius 1 is 1.56 bits per heavy atom. The Morgan fingerprint density at radius 3 is 2.81 bits per heavy atom. The SMILES string of the molecule is CC(C)N1C(=O)CC(Nc2cn[nH]c2)C1=O. The number of rotatable bonds is 3. The number of amides is 2. The number of nitrogens with one attached hydrogen (secondary N) is 2. The molecule has 2 heterocycles. The first-order chi connectivity index (χ1) is 7.59. The van der Waals surface area contributed by atoms with Crippen LogP contribution in [-0.2, 0) is 9.59 Å². The molecule has 1 saturated heterocycles. The van der Waals surface area contributed by atoms with Crippen LogP contribution >= 0.6 is 0 Å². The summed E-state index contributed by atoms with van der Waals surface area (Å²) in [4.78, 5) is 24.8. The number of likely N-dealkylation sites (tertiary alicyclic amines) is 1. The average molecular weight is 222 g/mol. The Bertz CT molecular complexity index is 399. The first-order valence-corrected chi connectivity index (χ1v) is 5.21. The van der Waals surface area contributed by atoms with E-state index < -0.39 is 6.04 Å². The molecule has 1 fully saturated rings. The first kappa shape index (κ1) is 10.7. The van der Waals surface area contributed by atoms with E-state index in [2.05, 4.69) is 15.5 Å². The van der Waals surface area contributed by atoms with Crippen molar-refractivity contribution in [2.75, 3.05) is 5.32 Å². The van der Waals surface area contributed by atoms with Gasteiger partial charge in [0.15, 0.2) is 0 Å². The molecule has 2 N–H and O–H groups in total. The molecule has 6 heteroatoms. The van der Waals surface area contributed by atoms with Gasteiger partial charge >= 0.3 is 0 Å². The number of H-pyrrole nitrogens is 1. The summed E-state index contributed by atoms with van der Waals surface area (Å²) in [5.41, 5.74) is 0.719. The molecule has 1 atom stereocenters. The summed E-state index contributed by atoms with van der Waals surface area (Å²) in [6, 6.07) is -0.552. The van der Waals surface area contributed by atoms with Crippen molar-refractivity contribution in [3.63, 3.8) is 0 Å². The molecule has 2 amide bonds. The van der Waals surface area contributed by atoms with E-state index in [4.69, 9.17) is 0 Å². The van der Waals surface area contributed by atoms with Gasteiger partial charge in [0.2, 0.25) is 5.91 Å². The van der Waals surface area contributed by atoms with E-state index in [1.807, 2.05) is 13.8 Å². The zero-order valence-electron chi connectivity index (χ0n) is 9.23. The van der Waals surface area contributed by atoms with E-state index in [9.17, 15) is 9.59 Å². The zero-order valence-corrected chi connectivity index (χ0v) is 9.23. The standard InChI is InChI=1S/C10H14N4O2/c1-6(2)14-9(15)3-8(10(14)16)13-7-4-11-12-5-7/h4-6,8,13H,3H2,1-2H3,(H,11,12). The molecular weight excluding hydrogens is 208 g/mol. The second kappa shape index (κ2) is 3.96. The lowest BCUT2D eigenvalue weighted by atomic mass is 10.2. The molecule has 86 valence electrons. The summed E-state index contributed by atoms with van der Waals surface area (Å²) in [6.45, 7) is 3.66. The van der Waals surface area contributed by atoms with E-state index in [-0.39, 0.29) is 24.3 Å². The summed E-state index contributed by atoms with van der Waals surface area (Å²) < 4.78 is 0. The van der Waals surface area contributed by atoms with Gasteiger partial charge in [-0.05, 0) is 13.8 Å². The molecule has 0 aromatic carbocycles. The lowest BCUT2D eigenvalue weighted by Gasteiger charge is -2.19. The van der Waals surface area contributed by atoms with Crippen LogP contribution in [0.1, 0.15) is 20.3 Å². The molecule has 16 heavy (non-hydrogen) atoms. The number of carbonyl (C=O) groups is 2. The molecule has 1 aromatic rings. The Labute approximate surface area is 93.0 Å². The second-order valence-electron chi connectivity index (χ2n) is 4.08. The molecule has 0 bridgehead atoms. The van der Waals surface area contributed by atoms with Crippen LogP contribution in [0.2, 0.25) is 0 Å². The minimum absolute atomic E-state index is 0.0869. The number of nitrogens with zero attached hydrogens (tertiary/aromatic N) is 2. The summed E-state index contributed by atoms with van der Waals surface area (Å²) in [5.74, 6) is -0.290. The van der Waals surface area contributed by atoms with E-state index >= 15 is 0 Å². The lowest BCUT2D eigenvalue weighted by Crippen LogP contribution is -2.39. The third kappa shape index (κ3) is 1.78. The van der Waals surface area contributed by atoms with E-state index in [0.717, 1.165) is 5.69 Å². The van der Waals surface area contributed by atoms with Crippen LogP contribution in [0.3, 0.4) is 0 Å². The van der Waals surface area contributed by atoms with Crippen LogP contribution in [0.25, 0.3) is 0 Å². The van der Waals surface area contributed by atoms with Gasteiger partial charge in [-0.1, -0.05) is 0 Å². The highest BCUT2D eigenvalue weighted by Crippen LogP contribution is 2.19. The van der Waals surface area contributed by atoms with Gasteiger partial charge < -0.3 is 5.32 Å². The number of aromatic nitrogens is 2. The fourth-order valence-electron chi connectivity index (χ4n) is 1.84. The Hall–Kier alpha value is -1.85. The minimum atomic E-state index is -0.465. The number of hydrogen-bond acceptors (Lipinski definition) is 4. The van der Waals surface area contributed by atoms with Crippen LogP contribution < -0.4 is 5.32 Å². The number of aromatic amines is 1. The van der Waals surface area contributed by atoms with E-state index in [1.165, 1.54) is 4.90 Å². The lowest BCUT2D eigenvalue weighted by molar-refractivity contribution is -0.140. The van der Waals surface area contributed by atoms with Crippen molar-refractivity contribution >= 4 is 17.5 Å². The monoisotopic (exact) mass is 222 g/mol. The fraction of sp³-hybridized carbons (Fsp3) is 0.500. The van der Waals surface area contributed by atoms with Gasteiger partial charge in [0.25, 0.3) is 5.91 Å². The third-order valence-electron chi connectivity index (χ3n) is 2.54. The smallest absolute Gasteiger partial charge is 0.252 e.